The van der Waals surface area contributed by atoms with E-state index in [1.54, 1.807) is 29.6 Å². The van der Waals surface area contributed by atoms with Crippen LogP contribution in [-0.4, -0.2) is 17.1 Å². The topological polar surface area (TPSA) is 78.4 Å². The molecule has 3 N–H and O–H groups in total. The van der Waals surface area contributed by atoms with Crippen molar-refractivity contribution in [1.29, 1.82) is 0 Å². The molecule has 0 bridgehead atoms. The Bertz CT molecular complexity index is 611. The van der Waals surface area contributed by atoms with Crippen LogP contribution in [0.3, 0.4) is 0 Å². The van der Waals surface area contributed by atoms with Gasteiger partial charge >= 0.3 is 12.0 Å². The molecule has 1 aromatic heterocycles. The van der Waals surface area contributed by atoms with Crippen LogP contribution in [0.1, 0.15) is 16.5 Å². The summed E-state index contributed by atoms with van der Waals surface area (Å²) in [5, 5.41) is 16.0. The van der Waals surface area contributed by atoms with E-state index in [0.717, 1.165) is 5.56 Å². The van der Waals surface area contributed by atoms with Gasteiger partial charge < -0.3 is 15.7 Å². The van der Waals surface area contributed by atoms with Crippen LogP contribution in [0.5, 0.6) is 0 Å². The smallest absolute Gasteiger partial charge is 0.331 e. The molecule has 0 aliphatic heterocycles. The molecule has 1 atom stereocenters. The first kappa shape index (κ1) is 14.1. The van der Waals surface area contributed by atoms with Gasteiger partial charge in [0.25, 0.3) is 0 Å². The molecule has 1 unspecified atom stereocenters. The van der Waals surface area contributed by atoms with Gasteiger partial charge in [0.05, 0.1) is 0 Å². The van der Waals surface area contributed by atoms with Crippen LogP contribution >= 0.6 is 11.3 Å². The lowest BCUT2D eigenvalue weighted by Crippen LogP contribution is -2.36. The Morgan fingerprint density at radius 3 is 2.65 bits per heavy atom. The maximum Gasteiger partial charge on any atom is 0.331 e. The first-order valence-electron chi connectivity index (χ1n) is 5.96. The third kappa shape index (κ3) is 3.58. The van der Waals surface area contributed by atoms with Crippen LogP contribution in [0.25, 0.3) is 0 Å². The minimum absolute atomic E-state index is 0.545. The maximum atomic E-state index is 11.9. The van der Waals surface area contributed by atoms with Crippen molar-refractivity contribution in [3.8, 4) is 0 Å². The van der Waals surface area contributed by atoms with Crippen molar-refractivity contribution in [2.45, 2.75) is 13.0 Å². The Kier molecular flexibility index (Phi) is 4.37. The Morgan fingerprint density at radius 1 is 1.25 bits per heavy atom. The summed E-state index contributed by atoms with van der Waals surface area (Å²) in [4.78, 5) is 23.6. The van der Waals surface area contributed by atoms with Crippen LogP contribution in [0.15, 0.2) is 41.8 Å². The molecule has 0 aliphatic rings. The number of thiophene rings is 1. The number of aliphatic carboxylic acids is 1. The first-order chi connectivity index (χ1) is 9.56. The molecule has 20 heavy (non-hydrogen) atoms. The fourth-order valence-electron chi connectivity index (χ4n) is 1.73. The summed E-state index contributed by atoms with van der Waals surface area (Å²) >= 11 is 1.29. The molecular formula is C14H14N2O3S. The number of anilines is 1. The van der Waals surface area contributed by atoms with E-state index in [9.17, 15) is 9.59 Å². The number of aryl methyl sites for hydroxylation is 1. The van der Waals surface area contributed by atoms with E-state index in [4.69, 9.17) is 5.11 Å². The lowest BCUT2D eigenvalue weighted by atomic mass is 10.2. The third-order valence-electron chi connectivity index (χ3n) is 2.63. The number of carbonyl (C=O) groups excluding carboxylic acids is 1. The second-order valence-corrected chi connectivity index (χ2v) is 5.23. The van der Waals surface area contributed by atoms with E-state index >= 15 is 0 Å². The van der Waals surface area contributed by atoms with Gasteiger partial charge in [0.1, 0.15) is 0 Å². The number of carbonyl (C=O) groups is 2. The largest absolute Gasteiger partial charge is 0.479 e. The Morgan fingerprint density at radius 2 is 2.05 bits per heavy atom. The molecule has 1 aromatic carbocycles. The van der Waals surface area contributed by atoms with Crippen molar-refractivity contribution in [2.75, 3.05) is 5.32 Å². The highest BCUT2D eigenvalue weighted by Gasteiger charge is 2.22. The average Bonchev–Trinajstić information content (AvgIpc) is 2.89. The fraction of sp³-hybridized carbons (Fsp3) is 0.143. The summed E-state index contributed by atoms with van der Waals surface area (Å²) < 4.78 is 0. The van der Waals surface area contributed by atoms with Gasteiger partial charge in [-0.1, -0.05) is 18.2 Å². The molecule has 0 saturated heterocycles. The van der Waals surface area contributed by atoms with Crippen molar-refractivity contribution in [3.63, 3.8) is 0 Å². The number of urea groups is 1. The number of amides is 2. The second-order valence-electron chi connectivity index (χ2n) is 4.25. The van der Waals surface area contributed by atoms with Crippen LogP contribution in [0, 0.1) is 6.92 Å². The van der Waals surface area contributed by atoms with Crippen LogP contribution in [-0.2, 0) is 4.79 Å². The van der Waals surface area contributed by atoms with E-state index < -0.39 is 18.0 Å². The Labute approximate surface area is 120 Å². The highest BCUT2D eigenvalue weighted by molar-refractivity contribution is 7.10. The van der Waals surface area contributed by atoms with E-state index in [2.05, 4.69) is 10.6 Å². The van der Waals surface area contributed by atoms with Crippen molar-refractivity contribution in [3.05, 3.63) is 52.2 Å². The van der Waals surface area contributed by atoms with E-state index in [0.29, 0.717) is 10.6 Å². The lowest BCUT2D eigenvalue weighted by Gasteiger charge is -2.14. The van der Waals surface area contributed by atoms with Gasteiger partial charge in [-0.05, 0) is 36.1 Å². The summed E-state index contributed by atoms with van der Waals surface area (Å²) in [6.45, 7) is 1.91. The van der Waals surface area contributed by atoms with Crippen molar-refractivity contribution >= 4 is 29.0 Å². The quantitative estimate of drug-likeness (QED) is 0.810. The summed E-state index contributed by atoms with van der Waals surface area (Å²) in [6, 6.07) is 9.12. The van der Waals surface area contributed by atoms with Crippen molar-refractivity contribution in [1.82, 2.24) is 5.32 Å². The highest BCUT2D eigenvalue weighted by Crippen LogP contribution is 2.19. The predicted octanol–water partition coefficient (Wildman–Crippen LogP) is 3.00. The van der Waals surface area contributed by atoms with Crippen molar-refractivity contribution in [2.24, 2.45) is 0 Å². The maximum absolute atomic E-state index is 11.9. The number of rotatable bonds is 4. The molecule has 5 nitrogen and oxygen atoms in total. The number of hydrogen-bond donors (Lipinski definition) is 3. The second kappa shape index (κ2) is 6.21. The van der Waals surface area contributed by atoms with Gasteiger partial charge in [0.15, 0.2) is 6.04 Å². The third-order valence-corrected chi connectivity index (χ3v) is 3.56. The summed E-state index contributed by atoms with van der Waals surface area (Å²) in [6.07, 6.45) is 0. The van der Waals surface area contributed by atoms with E-state index in [1.165, 1.54) is 11.3 Å². The Hall–Kier alpha value is -2.34. The number of hydrogen-bond acceptors (Lipinski definition) is 3. The van der Waals surface area contributed by atoms with Crippen LogP contribution < -0.4 is 10.6 Å². The predicted molar refractivity (Wildman–Crippen MR) is 78.0 cm³/mol. The zero-order chi connectivity index (χ0) is 14.5. The number of carboxylic acids is 1. The van der Waals surface area contributed by atoms with Gasteiger partial charge in [0.2, 0.25) is 0 Å². The van der Waals surface area contributed by atoms with E-state index in [1.807, 2.05) is 19.1 Å². The first-order valence-corrected chi connectivity index (χ1v) is 6.84. The monoisotopic (exact) mass is 290 g/mol. The van der Waals surface area contributed by atoms with Gasteiger partial charge in [-0.2, -0.15) is 0 Å². The SMILES string of the molecule is Cc1cccc(NC(=O)NC(C(=O)O)c2cccs2)c1. The van der Waals surface area contributed by atoms with Gasteiger partial charge in [-0.3, -0.25) is 0 Å². The van der Waals surface area contributed by atoms with Gasteiger partial charge in [0, 0.05) is 10.6 Å². The molecular weight excluding hydrogens is 276 g/mol. The molecule has 0 fully saturated rings. The minimum Gasteiger partial charge on any atom is -0.479 e. The van der Waals surface area contributed by atoms with Gasteiger partial charge in [-0.15, -0.1) is 11.3 Å². The van der Waals surface area contributed by atoms with Crippen molar-refractivity contribution < 1.29 is 14.7 Å². The highest BCUT2D eigenvalue weighted by atomic mass is 32.1. The van der Waals surface area contributed by atoms with Gasteiger partial charge in [-0.25, -0.2) is 9.59 Å². The molecule has 0 saturated carbocycles. The molecule has 2 amide bonds. The molecule has 0 spiro atoms. The Balaban J connectivity index is 2.04. The standard InChI is InChI=1S/C14H14N2O3S/c1-9-4-2-5-10(8-9)15-14(19)16-12(13(17)18)11-6-3-7-20-11/h2-8,12H,1H3,(H,17,18)(H2,15,16,19). The molecule has 6 heteroatoms. The summed E-state index contributed by atoms with van der Waals surface area (Å²) in [5.41, 5.74) is 1.63. The molecule has 0 radical (unpaired) electrons. The summed E-state index contributed by atoms with van der Waals surface area (Å²) in [5.74, 6) is -1.09. The van der Waals surface area contributed by atoms with Crippen LogP contribution in [0.4, 0.5) is 10.5 Å². The minimum atomic E-state index is -1.09. The number of carboxylic acid groups (broad SMARTS) is 1. The zero-order valence-electron chi connectivity index (χ0n) is 10.8. The van der Waals surface area contributed by atoms with E-state index in [-0.39, 0.29) is 0 Å². The molecule has 1 heterocycles. The molecule has 2 aromatic rings. The number of benzene rings is 1. The molecule has 2 rings (SSSR count). The average molecular weight is 290 g/mol. The van der Waals surface area contributed by atoms with Crippen LogP contribution in [0.2, 0.25) is 0 Å². The normalized spacial score (nSPS) is 11.7. The summed E-state index contributed by atoms with van der Waals surface area (Å²) in [7, 11) is 0. The zero-order valence-corrected chi connectivity index (χ0v) is 11.6. The lowest BCUT2D eigenvalue weighted by molar-refractivity contribution is -0.139. The number of nitrogens with one attached hydrogen (secondary N) is 2. The fourth-order valence-corrected chi connectivity index (χ4v) is 2.50. The molecule has 104 valence electrons. The molecule has 0 aliphatic carbocycles.